The van der Waals surface area contributed by atoms with E-state index in [1.807, 2.05) is 6.07 Å². The zero-order valence-electron chi connectivity index (χ0n) is 13.3. The third-order valence-corrected chi connectivity index (χ3v) is 3.20. The number of carbonyl (C=O) groups is 2. The van der Waals surface area contributed by atoms with Gasteiger partial charge in [0.1, 0.15) is 0 Å². The Morgan fingerprint density at radius 1 is 1.17 bits per heavy atom. The quantitative estimate of drug-likeness (QED) is 0.825. The van der Waals surface area contributed by atoms with Crippen molar-refractivity contribution in [2.75, 3.05) is 19.0 Å². The molecule has 1 N–H and O–H groups in total. The van der Waals surface area contributed by atoms with Crippen LogP contribution in [0.15, 0.2) is 42.5 Å². The van der Waals surface area contributed by atoms with Gasteiger partial charge < -0.3 is 14.8 Å². The van der Waals surface area contributed by atoms with Gasteiger partial charge in [0, 0.05) is 11.3 Å². The number of hydrogen-bond acceptors (Lipinski definition) is 5. The number of amides is 1. The second-order valence-corrected chi connectivity index (χ2v) is 4.95. The van der Waals surface area contributed by atoms with Crippen LogP contribution in [0.2, 0.25) is 0 Å². The number of Topliss-reactive ketones (excluding diaryl/α,β-unsaturated/α-hetero) is 1. The van der Waals surface area contributed by atoms with E-state index in [-0.39, 0.29) is 18.3 Å². The summed E-state index contributed by atoms with van der Waals surface area (Å²) in [5.41, 5.74) is 1.47. The van der Waals surface area contributed by atoms with E-state index in [2.05, 4.69) is 5.32 Å². The first-order valence-electron chi connectivity index (χ1n) is 7.15. The Morgan fingerprint density at radius 3 is 2.62 bits per heavy atom. The molecule has 2 aromatic rings. The Balaban J connectivity index is 2.01. The van der Waals surface area contributed by atoms with E-state index in [1.54, 1.807) is 42.5 Å². The molecule has 122 valence electrons. The lowest BCUT2D eigenvalue weighted by Crippen LogP contribution is -2.20. The van der Waals surface area contributed by atoms with Gasteiger partial charge in [-0.05, 0) is 43.3 Å². The highest BCUT2D eigenvalue weighted by atomic mass is 16.5. The zero-order valence-corrected chi connectivity index (χ0v) is 13.3. The smallest absolute Gasteiger partial charge is 0.262 e. The van der Waals surface area contributed by atoms with Gasteiger partial charge in [-0.1, -0.05) is 6.07 Å². The van der Waals surface area contributed by atoms with Gasteiger partial charge in [-0.2, -0.15) is 5.26 Å². The molecule has 6 heteroatoms. The van der Waals surface area contributed by atoms with Gasteiger partial charge >= 0.3 is 0 Å². The molecule has 0 saturated carbocycles. The summed E-state index contributed by atoms with van der Waals surface area (Å²) < 4.78 is 10.6. The summed E-state index contributed by atoms with van der Waals surface area (Å²) in [5.74, 6) is 0.281. The lowest BCUT2D eigenvalue weighted by Gasteiger charge is -2.11. The lowest BCUT2D eigenvalue weighted by atomic mass is 10.1. The van der Waals surface area contributed by atoms with Crippen LogP contribution in [0.5, 0.6) is 11.5 Å². The van der Waals surface area contributed by atoms with Gasteiger partial charge in [0.05, 0.1) is 18.7 Å². The number of nitrogens with zero attached hydrogens (tertiary/aromatic N) is 1. The maximum atomic E-state index is 11.9. The fourth-order valence-corrected chi connectivity index (χ4v) is 2.01. The maximum Gasteiger partial charge on any atom is 0.262 e. The Morgan fingerprint density at radius 2 is 1.96 bits per heavy atom. The van der Waals surface area contributed by atoms with Crippen LogP contribution in [0.3, 0.4) is 0 Å². The fraction of sp³-hybridized carbons (Fsp3) is 0.167. The van der Waals surface area contributed by atoms with Crippen LogP contribution in [0.4, 0.5) is 5.69 Å². The van der Waals surface area contributed by atoms with Crippen molar-refractivity contribution >= 4 is 17.4 Å². The van der Waals surface area contributed by atoms with Gasteiger partial charge in [0.25, 0.3) is 5.91 Å². The summed E-state index contributed by atoms with van der Waals surface area (Å²) in [4.78, 5) is 23.3. The van der Waals surface area contributed by atoms with Crippen LogP contribution < -0.4 is 14.8 Å². The summed E-state index contributed by atoms with van der Waals surface area (Å²) in [5, 5.41) is 11.5. The van der Waals surface area contributed by atoms with Crippen molar-refractivity contribution in [1.29, 1.82) is 5.26 Å². The summed E-state index contributed by atoms with van der Waals surface area (Å²) in [6.45, 7) is 1.23. The number of methoxy groups -OCH3 is 1. The first kappa shape index (κ1) is 17.0. The first-order chi connectivity index (χ1) is 11.5. The number of rotatable bonds is 6. The number of ketones is 1. The molecule has 0 aromatic heterocycles. The molecule has 0 bridgehead atoms. The number of benzene rings is 2. The topological polar surface area (TPSA) is 88.4 Å². The normalized spacial score (nSPS) is 9.71. The highest BCUT2D eigenvalue weighted by Gasteiger charge is 2.10. The Bertz CT molecular complexity index is 809. The molecule has 0 aliphatic heterocycles. The Kier molecular flexibility index (Phi) is 5.53. The molecular formula is C18H16N2O4. The summed E-state index contributed by atoms with van der Waals surface area (Å²) >= 11 is 0. The van der Waals surface area contributed by atoms with Crippen LogP contribution >= 0.6 is 0 Å². The molecule has 0 radical (unpaired) electrons. The number of nitrogens with one attached hydrogen (secondary N) is 1. The van der Waals surface area contributed by atoms with Crippen LogP contribution in [-0.2, 0) is 4.79 Å². The van der Waals surface area contributed by atoms with Crippen molar-refractivity contribution in [2.45, 2.75) is 6.92 Å². The Labute approximate surface area is 139 Å². The molecule has 0 spiro atoms. The van der Waals surface area contributed by atoms with Crippen LogP contribution in [0.1, 0.15) is 22.8 Å². The number of carbonyl (C=O) groups excluding carboxylic acids is 2. The molecule has 0 aliphatic carbocycles. The Hall–Kier alpha value is -3.33. The van der Waals surface area contributed by atoms with Gasteiger partial charge in [0.2, 0.25) is 0 Å². The van der Waals surface area contributed by atoms with Crippen molar-refractivity contribution in [3.8, 4) is 17.6 Å². The molecule has 0 atom stereocenters. The van der Waals surface area contributed by atoms with Gasteiger partial charge in [0.15, 0.2) is 23.9 Å². The van der Waals surface area contributed by atoms with Crippen molar-refractivity contribution < 1.29 is 19.1 Å². The summed E-state index contributed by atoms with van der Waals surface area (Å²) in [7, 11) is 1.46. The van der Waals surface area contributed by atoms with Crippen LogP contribution in [-0.4, -0.2) is 25.4 Å². The SMILES string of the molecule is COc1cc(C(C)=O)ccc1OCC(=O)Nc1cccc(C#N)c1. The molecule has 0 aliphatic rings. The third kappa shape index (κ3) is 4.34. The zero-order chi connectivity index (χ0) is 17.5. The van der Waals surface area contributed by atoms with E-state index in [1.165, 1.54) is 14.0 Å². The molecule has 24 heavy (non-hydrogen) atoms. The molecule has 2 aromatic carbocycles. The van der Waals surface area contributed by atoms with E-state index >= 15 is 0 Å². The minimum atomic E-state index is -0.372. The largest absolute Gasteiger partial charge is 0.493 e. The molecule has 0 heterocycles. The minimum absolute atomic E-state index is 0.0880. The lowest BCUT2D eigenvalue weighted by molar-refractivity contribution is -0.118. The predicted molar refractivity (Wildman–Crippen MR) is 88.3 cm³/mol. The second kappa shape index (κ2) is 7.79. The molecule has 0 fully saturated rings. The van der Waals surface area contributed by atoms with Crippen molar-refractivity contribution in [2.24, 2.45) is 0 Å². The third-order valence-electron chi connectivity index (χ3n) is 3.20. The van der Waals surface area contributed by atoms with Crippen LogP contribution in [0.25, 0.3) is 0 Å². The number of hydrogen-bond donors (Lipinski definition) is 1. The number of ether oxygens (including phenoxy) is 2. The average molecular weight is 324 g/mol. The highest BCUT2D eigenvalue weighted by molar-refractivity contribution is 5.95. The highest BCUT2D eigenvalue weighted by Crippen LogP contribution is 2.28. The van der Waals surface area contributed by atoms with Crippen molar-refractivity contribution in [1.82, 2.24) is 0 Å². The summed E-state index contributed by atoms with van der Waals surface area (Å²) in [6.07, 6.45) is 0. The average Bonchev–Trinajstić information content (AvgIpc) is 2.59. The van der Waals surface area contributed by atoms with Gasteiger partial charge in [-0.3, -0.25) is 9.59 Å². The summed E-state index contributed by atoms with van der Waals surface area (Å²) in [6, 6.07) is 13.3. The molecule has 6 nitrogen and oxygen atoms in total. The van der Waals surface area contributed by atoms with E-state index in [0.29, 0.717) is 28.3 Å². The maximum absolute atomic E-state index is 11.9. The molecule has 1 amide bonds. The minimum Gasteiger partial charge on any atom is -0.493 e. The first-order valence-corrected chi connectivity index (χ1v) is 7.15. The monoisotopic (exact) mass is 324 g/mol. The van der Waals surface area contributed by atoms with E-state index in [9.17, 15) is 9.59 Å². The molecule has 0 saturated heterocycles. The van der Waals surface area contributed by atoms with E-state index in [4.69, 9.17) is 14.7 Å². The number of nitriles is 1. The van der Waals surface area contributed by atoms with Crippen molar-refractivity contribution in [3.05, 3.63) is 53.6 Å². The molecule has 2 rings (SSSR count). The molecular weight excluding hydrogens is 308 g/mol. The number of anilines is 1. The standard InChI is InChI=1S/C18H16N2O4/c1-12(21)14-6-7-16(17(9-14)23-2)24-11-18(22)20-15-5-3-4-13(8-15)10-19/h3-9H,11H2,1-2H3,(H,20,22). The predicted octanol–water partition coefficient (Wildman–Crippen LogP) is 2.79. The van der Waals surface area contributed by atoms with Gasteiger partial charge in [-0.15, -0.1) is 0 Å². The van der Waals surface area contributed by atoms with Gasteiger partial charge in [-0.25, -0.2) is 0 Å². The second-order valence-electron chi connectivity index (χ2n) is 4.95. The fourth-order valence-electron chi connectivity index (χ4n) is 2.01. The van der Waals surface area contributed by atoms with E-state index in [0.717, 1.165) is 0 Å². The molecule has 0 unspecified atom stereocenters. The van der Waals surface area contributed by atoms with Crippen molar-refractivity contribution in [3.63, 3.8) is 0 Å². The van der Waals surface area contributed by atoms with Crippen LogP contribution in [0, 0.1) is 11.3 Å². The van der Waals surface area contributed by atoms with E-state index < -0.39 is 0 Å².